The summed E-state index contributed by atoms with van der Waals surface area (Å²) in [7, 11) is 0. The van der Waals surface area contributed by atoms with Gasteiger partial charge < -0.3 is 5.73 Å². The first-order valence-corrected chi connectivity index (χ1v) is 5.82. The average Bonchev–Trinajstić information content (AvgIpc) is 2.73. The lowest BCUT2D eigenvalue weighted by Gasteiger charge is -1.94. The van der Waals surface area contributed by atoms with Crippen LogP contribution in [0.5, 0.6) is 0 Å². The predicted molar refractivity (Wildman–Crippen MR) is 61.2 cm³/mol. The summed E-state index contributed by atoms with van der Waals surface area (Å²) in [6, 6.07) is 5.54. The molecular formula is C10H9NOS2. The molecule has 0 radical (unpaired) electrons. The molecule has 0 unspecified atom stereocenters. The van der Waals surface area contributed by atoms with Crippen LogP contribution in [0.25, 0.3) is 0 Å². The van der Waals surface area contributed by atoms with Crippen molar-refractivity contribution in [1.29, 1.82) is 0 Å². The van der Waals surface area contributed by atoms with Crippen molar-refractivity contribution in [2.45, 2.75) is 6.92 Å². The molecule has 4 heteroatoms. The molecular weight excluding hydrogens is 214 g/mol. The molecule has 2 heterocycles. The minimum absolute atomic E-state index is 0.0295. The third-order valence-electron chi connectivity index (χ3n) is 1.87. The van der Waals surface area contributed by atoms with Gasteiger partial charge in [0.25, 0.3) is 0 Å². The highest BCUT2D eigenvalue weighted by atomic mass is 32.1. The molecule has 2 aromatic heterocycles. The Morgan fingerprint density at radius 1 is 1.50 bits per heavy atom. The lowest BCUT2D eigenvalue weighted by Crippen LogP contribution is -1.99. The van der Waals surface area contributed by atoms with Crippen LogP contribution >= 0.6 is 22.7 Å². The minimum atomic E-state index is 0.0295. The van der Waals surface area contributed by atoms with Gasteiger partial charge in [-0.05, 0) is 24.4 Å². The first-order chi connectivity index (χ1) is 6.68. The number of carbonyl (C=O) groups excluding carboxylic acids is 1. The Bertz CT molecular complexity index is 456. The average molecular weight is 223 g/mol. The Morgan fingerprint density at radius 2 is 2.29 bits per heavy atom. The quantitative estimate of drug-likeness (QED) is 0.795. The summed E-state index contributed by atoms with van der Waals surface area (Å²) in [5.74, 6) is 0.0295. The number of aryl methyl sites for hydroxylation is 1. The highest BCUT2D eigenvalue weighted by Crippen LogP contribution is 2.27. The minimum Gasteiger partial charge on any atom is -0.390 e. The molecule has 0 spiro atoms. The van der Waals surface area contributed by atoms with Crippen molar-refractivity contribution in [2.24, 2.45) is 0 Å². The van der Waals surface area contributed by atoms with E-state index in [2.05, 4.69) is 0 Å². The Labute approximate surface area is 90.0 Å². The van der Waals surface area contributed by atoms with Gasteiger partial charge in [0.2, 0.25) is 5.78 Å². The van der Waals surface area contributed by atoms with Crippen LogP contribution in [0.15, 0.2) is 23.6 Å². The number of hydrogen-bond donors (Lipinski definition) is 1. The van der Waals surface area contributed by atoms with Crippen LogP contribution < -0.4 is 5.73 Å². The van der Waals surface area contributed by atoms with Crippen molar-refractivity contribution in [1.82, 2.24) is 0 Å². The fourth-order valence-corrected chi connectivity index (χ4v) is 2.71. The molecule has 2 nitrogen and oxygen atoms in total. The Balaban J connectivity index is 2.41. The van der Waals surface area contributed by atoms with E-state index in [4.69, 9.17) is 5.73 Å². The molecule has 0 aliphatic carbocycles. The van der Waals surface area contributed by atoms with E-state index >= 15 is 0 Å². The van der Waals surface area contributed by atoms with Crippen molar-refractivity contribution in [3.8, 4) is 0 Å². The third-order valence-corrected chi connectivity index (χ3v) is 3.62. The van der Waals surface area contributed by atoms with E-state index in [1.165, 1.54) is 22.7 Å². The SMILES string of the molecule is Cc1cc(C(=O)c2cccs2)c(N)s1. The van der Waals surface area contributed by atoms with Crippen molar-refractivity contribution < 1.29 is 4.79 Å². The smallest absolute Gasteiger partial charge is 0.205 e. The molecule has 0 bridgehead atoms. The van der Waals surface area contributed by atoms with E-state index in [-0.39, 0.29) is 5.78 Å². The fraction of sp³-hybridized carbons (Fsp3) is 0.100. The molecule has 0 aliphatic rings. The summed E-state index contributed by atoms with van der Waals surface area (Å²) in [5, 5.41) is 2.50. The summed E-state index contributed by atoms with van der Waals surface area (Å²) < 4.78 is 0. The van der Waals surface area contributed by atoms with Gasteiger partial charge in [-0.1, -0.05) is 6.07 Å². The van der Waals surface area contributed by atoms with Gasteiger partial charge in [-0.15, -0.1) is 22.7 Å². The molecule has 0 saturated carbocycles. The van der Waals surface area contributed by atoms with Crippen molar-refractivity contribution >= 4 is 33.5 Å². The highest BCUT2D eigenvalue weighted by molar-refractivity contribution is 7.16. The molecule has 0 fully saturated rings. The number of hydrogen-bond acceptors (Lipinski definition) is 4. The lowest BCUT2D eigenvalue weighted by atomic mass is 10.1. The zero-order valence-electron chi connectivity index (χ0n) is 7.61. The van der Waals surface area contributed by atoms with E-state index in [1.807, 2.05) is 30.5 Å². The zero-order valence-corrected chi connectivity index (χ0v) is 9.24. The van der Waals surface area contributed by atoms with E-state index in [1.54, 1.807) is 0 Å². The molecule has 0 atom stereocenters. The zero-order chi connectivity index (χ0) is 10.1. The number of ketones is 1. The van der Waals surface area contributed by atoms with Crippen molar-refractivity contribution in [2.75, 3.05) is 5.73 Å². The van der Waals surface area contributed by atoms with Gasteiger partial charge in [0, 0.05) is 4.88 Å². The standard InChI is InChI=1S/C10H9NOS2/c1-6-5-7(10(11)14-6)9(12)8-3-2-4-13-8/h2-5H,11H2,1H3. The van der Waals surface area contributed by atoms with Crippen LogP contribution in [0.2, 0.25) is 0 Å². The molecule has 0 saturated heterocycles. The van der Waals surface area contributed by atoms with Gasteiger partial charge in [-0.2, -0.15) is 0 Å². The van der Waals surface area contributed by atoms with E-state index in [0.717, 1.165) is 9.75 Å². The number of anilines is 1. The van der Waals surface area contributed by atoms with Crippen LogP contribution in [0.1, 0.15) is 20.1 Å². The number of nitrogen functional groups attached to an aromatic ring is 1. The van der Waals surface area contributed by atoms with E-state index < -0.39 is 0 Å². The molecule has 14 heavy (non-hydrogen) atoms. The van der Waals surface area contributed by atoms with Gasteiger partial charge in [0.05, 0.1) is 15.4 Å². The topological polar surface area (TPSA) is 43.1 Å². The number of nitrogens with two attached hydrogens (primary N) is 1. The fourth-order valence-electron chi connectivity index (χ4n) is 1.25. The monoisotopic (exact) mass is 223 g/mol. The lowest BCUT2D eigenvalue weighted by molar-refractivity contribution is 0.104. The Morgan fingerprint density at radius 3 is 2.79 bits per heavy atom. The maximum atomic E-state index is 11.9. The van der Waals surface area contributed by atoms with Crippen LogP contribution in [-0.2, 0) is 0 Å². The van der Waals surface area contributed by atoms with E-state index in [9.17, 15) is 4.79 Å². The molecule has 0 aliphatic heterocycles. The molecule has 2 N–H and O–H groups in total. The second-order valence-electron chi connectivity index (χ2n) is 2.94. The molecule has 0 amide bonds. The molecule has 72 valence electrons. The van der Waals surface area contributed by atoms with Crippen LogP contribution in [0, 0.1) is 6.92 Å². The summed E-state index contributed by atoms with van der Waals surface area (Å²) >= 11 is 2.90. The predicted octanol–water partition coefficient (Wildman–Crippen LogP) is 2.93. The van der Waals surface area contributed by atoms with Crippen LogP contribution in [-0.4, -0.2) is 5.78 Å². The van der Waals surface area contributed by atoms with Gasteiger partial charge in [0.1, 0.15) is 0 Å². The summed E-state index contributed by atoms with van der Waals surface area (Å²) in [5.41, 5.74) is 6.38. The molecule has 2 aromatic rings. The number of rotatable bonds is 2. The maximum absolute atomic E-state index is 11.9. The van der Waals surface area contributed by atoms with Gasteiger partial charge in [0.15, 0.2) is 0 Å². The second kappa shape index (κ2) is 3.55. The summed E-state index contributed by atoms with van der Waals surface area (Å²) in [4.78, 5) is 13.7. The van der Waals surface area contributed by atoms with Crippen molar-refractivity contribution in [3.05, 3.63) is 38.9 Å². The third kappa shape index (κ3) is 1.58. The maximum Gasteiger partial charge on any atom is 0.205 e. The van der Waals surface area contributed by atoms with Crippen LogP contribution in [0.3, 0.4) is 0 Å². The van der Waals surface area contributed by atoms with Gasteiger partial charge >= 0.3 is 0 Å². The normalized spacial score (nSPS) is 10.4. The van der Waals surface area contributed by atoms with Gasteiger partial charge in [-0.3, -0.25) is 4.79 Å². The first-order valence-electron chi connectivity index (χ1n) is 4.12. The molecule has 0 aromatic carbocycles. The Kier molecular flexibility index (Phi) is 2.39. The van der Waals surface area contributed by atoms with E-state index in [0.29, 0.717) is 10.6 Å². The second-order valence-corrected chi connectivity index (χ2v) is 5.18. The van der Waals surface area contributed by atoms with Crippen LogP contribution in [0.4, 0.5) is 5.00 Å². The molecule has 2 rings (SSSR count). The number of thiophene rings is 2. The first kappa shape index (κ1) is 9.43. The highest BCUT2D eigenvalue weighted by Gasteiger charge is 2.15. The summed E-state index contributed by atoms with van der Waals surface area (Å²) in [6.07, 6.45) is 0. The summed E-state index contributed by atoms with van der Waals surface area (Å²) in [6.45, 7) is 1.95. The number of carbonyl (C=O) groups is 1. The Hall–Kier alpha value is -1.13. The largest absolute Gasteiger partial charge is 0.390 e. The van der Waals surface area contributed by atoms with Crippen molar-refractivity contribution in [3.63, 3.8) is 0 Å². The van der Waals surface area contributed by atoms with Gasteiger partial charge in [-0.25, -0.2) is 0 Å².